The molecule has 146 valence electrons. The molecule has 0 saturated carbocycles. The molecule has 0 aliphatic rings. The topological polar surface area (TPSA) is 119 Å². The molecule has 0 aliphatic heterocycles. The van der Waals surface area contributed by atoms with Crippen molar-refractivity contribution in [1.29, 1.82) is 0 Å². The predicted molar refractivity (Wildman–Crippen MR) is 104 cm³/mol. The van der Waals surface area contributed by atoms with Crippen LogP contribution in [-0.2, 0) is 9.84 Å². The fraction of sp³-hybridized carbons (Fsp3) is 0.211. The van der Waals surface area contributed by atoms with Crippen molar-refractivity contribution < 1.29 is 18.1 Å². The number of ether oxygens (including phenoxy) is 1. The number of sulfone groups is 1. The molecule has 0 aliphatic carbocycles. The maximum atomic E-state index is 12.3. The number of aromatic amines is 1. The number of aromatic nitrogens is 1. The Hall–Kier alpha value is -3.20. The Labute approximate surface area is 160 Å². The molecular formula is C19H18N2O6S. The lowest BCUT2D eigenvalue weighted by Crippen LogP contribution is -2.08. The minimum Gasteiger partial charge on any atom is -0.494 e. The minimum atomic E-state index is -3.49. The Bertz CT molecular complexity index is 1150. The van der Waals surface area contributed by atoms with Gasteiger partial charge in [0, 0.05) is 29.1 Å². The number of pyridine rings is 1. The van der Waals surface area contributed by atoms with Gasteiger partial charge in [0.05, 0.1) is 22.2 Å². The first-order chi connectivity index (χ1) is 13.3. The van der Waals surface area contributed by atoms with E-state index in [1.165, 1.54) is 30.3 Å². The van der Waals surface area contributed by atoms with Crippen molar-refractivity contribution >= 4 is 26.4 Å². The van der Waals surface area contributed by atoms with Gasteiger partial charge in [-0.1, -0.05) is 0 Å². The summed E-state index contributed by atoms with van der Waals surface area (Å²) in [5.74, 6) is 0.574. The minimum absolute atomic E-state index is 0.0624. The van der Waals surface area contributed by atoms with Crippen LogP contribution >= 0.6 is 0 Å². The first-order valence-corrected chi connectivity index (χ1v) is 10.2. The van der Waals surface area contributed by atoms with Crippen LogP contribution in [0.2, 0.25) is 0 Å². The van der Waals surface area contributed by atoms with E-state index in [1.807, 2.05) is 0 Å². The fourth-order valence-corrected chi connectivity index (χ4v) is 4.07. The molecule has 28 heavy (non-hydrogen) atoms. The number of nitrogens with one attached hydrogen (secondary N) is 1. The average Bonchev–Trinajstić information content (AvgIpc) is 2.67. The molecule has 1 aromatic heterocycles. The lowest BCUT2D eigenvalue weighted by atomic mass is 10.2. The summed E-state index contributed by atoms with van der Waals surface area (Å²) >= 11 is 0. The van der Waals surface area contributed by atoms with Crippen molar-refractivity contribution in [3.05, 3.63) is 75.1 Å². The number of benzene rings is 2. The van der Waals surface area contributed by atoms with E-state index in [0.29, 0.717) is 30.7 Å². The molecule has 0 fully saturated rings. The van der Waals surface area contributed by atoms with Crippen molar-refractivity contribution in [2.24, 2.45) is 0 Å². The first kappa shape index (κ1) is 19.6. The van der Waals surface area contributed by atoms with Gasteiger partial charge in [0.2, 0.25) is 5.56 Å². The number of nitrogens with zero attached hydrogens (tertiary/aromatic N) is 1. The van der Waals surface area contributed by atoms with Gasteiger partial charge >= 0.3 is 0 Å². The van der Waals surface area contributed by atoms with Crippen molar-refractivity contribution in [2.75, 3.05) is 12.4 Å². The van der Waals surface area contributed by atoms with Gasteiger partial charge in [-0.3, -0.25) is 14.9 Å². The summed E-state index contributed by atoms with van der Waals surface area (Å²) in [5, 5.41) is 11.5. The van der Waals surface area contributed by atoms with Gasteiger partial charge in [-0.2, -0.15) is 0 Å². The van der Waals surface area contributed by atoms with Crippen LogP contribution in [0.5, 0.6) is 5.75 Å². The summed E-state index contributed by atoms with van der Waals surface area (Å²) in [6.45, 7) is 0.352. The monoisotopic (exact) mass is 402 g/mol. The van der Waals surface area contributed by atoms with Crippen molar-refractivity contribution in [3.8, 4) is 5.75 Å². The van der Waals surface area contributed by atoms with Crippen LogP contribution in [0, 0.1) is 10.1 Å². The van der Waals surface area contributed by atoms with E-state index in [2.05, 4.69) is 4.98 Å². The summed E-state index contributed by atoms with van der Waals surface area (Å²) in [6.07, 6.45) is 0.941. The van der Waals surface area contributed by atoms with Crippen LogP contribution < -0.4 is 10.3 Å². The fourth-order valence-electron chi connectivity index (χ4n) is 2.70. The molecule has 2 aromatic carbocycles. The molecule has 3 rings (SSSR count). The second-order valence-corrected chi connectivity index (χ2v) is 8.31. The Balaban J connectivity index is 1.50. The van der Waals surface area contributed by atoms with Crippen molar-refractivity contribution in [1.82, 2.24) is 4.98 Å². The Morgan fingerprint density at radius 2 is 1.75 bits per heavy atom. The number of nitro benzene ring substituents is 1. The highest BCUT2D eigenvalue weighted by atomic mass is 32.2. The molecule has 0 unspecified atom stereocenters. The number of fused-ring (bicyclic) bond motifs is 1. The standard InChI is InChI=1S/C19H18N2O6S/c22-19-10-3-14-13-16(6-9-18(14)20-19)27-11-1-2-12-28(25,26)17-7-4-15(5-8-17)21(23)24/h3-10,13H,1-2,11-12H2,(H,20,22). The summed E-state index contributed by atoms with van der Waals surface area (Å²) in [6, 6.07) is 13.3. The molecule has 0 atom stereocenters. The quantitative estimate of drug-likeness (QED) is 0.351. The highest BCUT2D eigenvalue weighted by Crippen LogP contribution is 2.20. The van der Waals surface area contributed by atoms with E-state index in [9.17, 15) is 23.3 Å². The van der Waals surface area contributed by atoms with Gasteiger partial charge < -0.3 is 9.72 Å². The van der Waals surface area contributed by atoms with Crippen LogP contribution in [0.4, 0.5) is 5.69 Å². The van der Waals surface area contributed by atoms with Gasteiger partial charge in [0.1, 0.15) is 5.75 Å². The molecule has 0 bridgehead atoms. The number of H-pyrrole nitrogens is 1. The van der Waals surface area contributed by atoms with Crippen LogP contribution in [0.3, 0.4) is 0 Å². The highest BCUT2D eigenvalue weighted by Gasteiger charge is 2.15. The van der Waals surface area contributed by atoms with Gasteiger partial charge in [-0.25, -0.2) is 8.42 Å². The van der Waals surface area contributed by atoms with Crippen LogP contribution in [0.25, 0.3) is 10.9 Å². The summed E-state index contributed by atoms with van der Waals surface area (Å²) in [4.78, 5) is 24.1. The maximum Gasteiger partial charge on any atom is 0.269 e. The Morgan fingerprint density at radius 3 is 2.46 bits per heavy atom. The van der Waals surface area contributed by atoms with Crippen molar-refractivity contribution in [3.63, 3.8) is 0 Å². The van der Waals surface area contributed by atoms with E-state index < -0.39 is 14.8 Å². The predicted octanol–water partition coefficient (Wildman–Crippen LogP) is 3.07. The largest absolute Gasteiger partial charge is 0.494 e. The molecule has 0 spiro atoms. The van der Waals surface area contributed by atoms with E-state index in [0.717, 1.165) is 5.39 Å². The number of hydrogen-bond donors (Lipinski definition) is 1. The Morgan fingerprint density at radius 1 is 1.00 bits per heavy atom. The highest BCUT2D eigenvalue weighted by molar-refractivity contribution is 7.91. The molecule has 1 N–H and O–H groups in total. The molecule has 0 radical (unpaired) electrons. The second-order valence-electron chi connectivity index (χ2n) is 6.20. The van der Waals surface area contributed by atoms with E-state index in [-0.39, 0.29) is 21.9 Å². The number of unbranched alkanes of at least 4 members (excludes halogenated alkanes) is 1. The van der Waals surface area contributed by atoms with Gasteiger partial charge in [-0.05, 0) is 49.2 Å². The van der Waals surface area contributed by atoms with Crippen LogP contribution in [-0.4, -0.2) is 30.7 Å². The first-order valence-electron chi connectivity index (χ1n) is 8.58. The molecule has 9 heteroatoms. The van der Waals surface area contributed by atoms with Gasteiger partial charge in [0.15, 0.2) is 9.84 Å². The SMILES string of the molecule is O=c1ccc2cc(OCCCCS(=O)(=O)c3ccc([N+](=O)[O-])cc3)ccc2[nH]1. The van der Waals surface area contributed by atoms with E-state index >= 15 is 0 Å². The molecule has 8 nitrogen and oxygen atoms in total. The summed E-state index contributed by atoms with van der Waals surface area (Å²) in [7, 11) is -3.49. The van der Waals surface area contributed by atoms with Gasteiger partial charge in [-0.15, -0.1) is 0 Å². The molecule has 1 heterocycles. The zero-order valence-corrected chi connectivity index (χ0v) is 15.6. The van der Waals surface area contributed by atoms with Crippen LogP contribution in [0.15, 0.2) is 64.3 Å². The van der Waals surface area contributed by atoms with Crippen LogP contribution in [0.1, 0.15) is 12.8 Å². The smallest absolute Gasteiger partial charge is 0.269 e. The third-order valence-electron chi connectivity index (χ3n) is 4.18. The Kier molecular flexibility index (Phi) is 5.74. The second kappa shape index (κ2) is 8.22. The maximum absolute atomic E-state index is 12.3. The number of non-ortho nitro benzene ring substituents is 1. The molecular weight excluding hydrogens is 384 g/mol. The lowest BCUT2D eigenvalue weighted by molar-refractivity contribution is -0.384. The normalized spacial score (nSPS) is 11.4. The van der Waals surface area contributed by atoms with Gasteiger partial charge in [0.25, 0.3) is 5.69 Å². The molecule has 0 amide bonds. The van der Waals surface area contributed by atoms with E-state index in [4.69, 9.17) is 4.74 Å². The molecule has 0 saturated heterocycles. The number of nitro groups is 1. The molecule has 3 aromatic rings. The zero-order valence-electron chi connectivity index (χ0n) is 14.8. The zero-order chi connectivity index (χ0) is 20.1. The third kappa shape index (κ3) is 4.74. The third-order valence-corrected chi connectivity index (χ3v) is 5.99. The number of hydrogen-bond acceptors (Lipinski definition) is 6. The van der Waals surface area contributed by atoms with E-state index in [1.54, 1.807) is 24.3 Å². The average molecular weight is 402 g/mol. The van der Waals surface area contributed by atoms with Crippen molar-refractivity contribution in [2.45, 2.75) is 17.7 Å². The summed E-state index contributed by atoms with van der Waals surface area (Å²) < 4.78 is 30.2. The number of rotatable bonds is 8. The lowest BCUT2D eigenvalue weighted by Gasteiger charge is -2.08. The summed E-state index contributed by atoms with van der Waals surface area (Å²) in [5.41, 5.74) is 0.399.